The van der Waals surface area contributed by atoms with Crippen molar-refractivity contribution < 1.29 is 27.2 Å². The maximum Gasteiger partial charge on any atom is 0.281 e. The Kier molecular flexibility index (Phi) is 12.5. The Morgan fingerprint density at radius 2 is 1.92 bits per heavy atom. The van der Waals surface area contributed by atoms with Crippen LogP contribution in [0, 0.1) is 4.91 Å². The number of carbonyl (C=O) groups excluding carboxylic acids is 2. The van der Waals surface area contributed by atoms with Gasteiger partial charge in [0.15, 0.2) is 0 Å². The summed E-state index contributed by atoms with van der Waals surface area (Å²) in [5.41, 5.74) is 0. The fraction of sp³-hybridized carbons (Fsp3) is 0.250. The average Bonchev–Trinajstić information content (AvgIpc) is 2.76. The minimum absolute atomic E-state index is 0.982. The zero-order valence-corrected chi connectivity index (χ0v) is 9.95. The van der Waals surface area contributed by atoms with Crippen molar-refractivity contribution in [3.63, 3.8) is 0 Å². The molecule has 69 valence electrons. The van der Waals surface area contributed by atoms with Gasteiger partial charge in [-0.1, -0.05) is 0 Å². The smallest absolute Gasteiger partial charge is 0.281 e. The van der Waals surface area contributed by atoms with E-state index in [9.17, 15) is 4.91 Å². The molecule has 0 aromatic heterocycles. The molecule has 1 aliphatic carbocycles. The molecule has 0 unspecified atom stereocenters. The van der Waals surface area contributed by atoms with Gasteiger partial charge < -0.3 is 0 Å². The van der Waals surface area contributed by atoms with Gasteiger partial charge in [-0.15, -0.1) is 0 Å². The molecule has 0 N–H and O–H groups in total. The van der Waals surface area contributed by atoms with Gasteiger partial charge in [0.25, 0.3) is 13.6 Å². The summed E-state index contributed by atoms with van der Waals surface area (Å²) in [5.74, 6) is 0. The van der Waals surface area contributed by atoms with Crippen molar-refractivity contribution in [1.29, 1.82) is 0 Å². The maximum atomic E-state index is 10.1. The topological polar surface area (TPSA) is 63.6 Å². The van der Waals surface area contributed by atoms with Crippen LogP contribution in [0.15, 0.2) is 25.9 Å². The third-order valence-electron chi connectivity index (χ3n) is 1.23. The SMILES string of the molecule is [CH3][W]([N]=O)[C]1=CC=CC1.[C]=O.[C]=O. The predicted octanol–water partition coefficient (Wildman–Crippen LogP) is 1.38. The molecule has 0 saturated heterocycles. The molecule has 4 nitrogen and oxygen atoms in total. The summed E-state index contributed by atoms with van der Waals surface area (Å²) < 4.78 is 4.42. The normalized spacial score (nSPS) is 12.0. The van der Waals surface area contributed by atoms with Gasteiger partial charge in [-0.3, -0.25) is 9.59 Å². The molecule has 0 saturated carbocycles. The van der Waals surface area contributed by atoms with Gasteiger partial charge in [0.2, 0.25) is 0 Å². The molecule has 0 aromatic rings. The van der Waals surface area contributed by atoms with Crippen molar-refractivity contribution in [2.45, 2.75) is 11.7 Å². The predicted molar refractivity (Wildman–Crippen MR) is 44.9 cm³/mol. The third kappa shape index (κ3) is 6.29. The van der Waals surface area contributed by atoms with Gasteiger partial charge in [0.1, 0.15) is 0 Å². The van der Waals surface area contributed by atoms with Gasteiger partial charge in [-0.25, -0.2) is 0 Å². The molecule has 0 amide bonds. The summed E-state index contributed by atoms with van der Waals surface area (Å²) in [6.45, 7) is 9.00. The molecular formula is C8H8NO3W. The van der Waals surface area contributed by atoms with Crippen LogP contribution in [-0.4, -0.2) is 13.6 Å². The van der Waals surface area contributed by atoms with Gasteiger partial charge in [-0.05, 0) is 0 Å². The molecule has 0 heterocycles. The van der Waals surface area contributed by atoms with E-state index in [4.69, 9.17) is 9.59 Å². The molecule has 13 heavy (non-hydrogen) atoms. The quantitative estimate of drug-likeness (QED) is 0.707. The van der Waals surface area contributed by atoms with Crippen molar-refractivity contribution in [3.05, 3.63) is 27.1 Å². The summed E-state index contributed by atoms with van der Waals surface area (Å²) in [4.78, 5) is 25.1. The summed E-state index contributed by atoms with van der Waals surface area (Å²) >= 11 is -1.86. The third-order valence-corrected chi connectivity index (χ3v) is 5.85. The number of rotatable bonds is 2. The van der Waals surface area contributed by atoms with Crippen LogP contribution in [0.1, 0.15) is 6.42 Å². The van der Waals surface area contributed by atoms with E-state index in [1.165, 1.54) is 3.96 Å². The summed E-state index contributed by atoms with van der Waals surface area (Å²) in [7, 11) is 0. The summed E-state index contributed by atoms with van der Waals surface area (Å²) in [5, 5.41) is 2.01. The van der Waals surface area contributed by atoms with E-state index in [1.54, 1.807) is 0 Å². The van der Waals surface area contributed by atoms with E-state index in [0.717, 1.165) is 6.42 Å². The molecule has 0 bridgehead atoms. The number of nitroso groups, excluding NO2 is 1. The van der Waals surface area contributed by atoms with Crippen molar-refractivity contribution in [2.75, 3.05) is 0 Å². The average molecular weight is 350 g/mol. The molecule has 0 atom stereocenters. The van der Waals surface area contributed by atoms with Crippen molar-refractivity contribution in [2.24, 2.45) is 3.74 Å². The largest absolute Gasteiger partial charge is 0.281 e. The molecule has 1 aliphatic rings. The fourth-order valence-corrected chi connectivity index (χ4v) is 3.24. The second-order valence-electron chi connectivity index (χ2n) is 1.82. The second kappa shape index (κ2) is 11.1. The zero-order chi connectivity index (χ0) is 10.7. The Labute approximate surface area is 83.5 Å². The standard InChI is InChI=1S/C5H5.2CO.CH3.NO.W/c1-2-4-5-3-1;2*1-2;;1-2;/h1-3H,4H2;;;1H3;;/q;;;;-1;+1. The summed E-state index contributed by atoms with van der Waals surface area (Å²) in [6, 6.07) is 0. The first kappa shape index (κ1) is 14.6. The van der Waals surface area contributed by atoms with Crippen LogP contribution in [0.3, 0.4) is 0 Å². The summed E-state index contributed by atoms with van der Waals surface area (Å²) in [6.07, 6.45) is 7.10. The molecule has 0 fully saturated rings. The van der Waals surface area contributed by atoms with Crippen molar-refractivity contribution >= 4 is 13.6 Å². The van der Waals surface area contributed by atoms with Crippen LogP contribution >= 0.6 is 0 Å². The first-order chi connectivity index (χ1) is 6.34. The van der Waals surface area contributed by atoms with E-state index in [2.05, 4.69) is 23.4 Å². The van der Waals surface area contributed by atoms with Crippen LogP contribution in [-0.2, 0) is 27.2 Å². The monoisotopic (exact) mass is 350 g/mol. The maximum absolute atomic E-state index is 10.1. The second-order valence-corrected chi connectivity index (χ2v) is 7.67. The van der Waals surface area contributed by atoms with Gasteiger partial charge in [0, 0.05) is 0 Å². The van der Waals surface area contributed by atoms with E-state index in [1.807, 2.05) is 17.5 Å². The van der Waals surface area contributed by atoms with E-state index >= 15 is 0 Å². The van der Waals surface area contributed by atoms with Gasteiger partial charge in [0.05, 0.1) is 0 Å². The van der Waals surface area contributed by atoms with Crippen molar-refractivity contribution in [1.82, 2.24) is 0 Å². The van der Waals surface area contributed by atoms with Crippen LogP contribution < -0.4 is 0 Å². The van der Waals surface area contributed by atoms with Gasteiger partial charge >= 0.3 is 60.1 Å². The number of hydrogen-bond donors (Lipinski definition) is 0. The van der Waals surface area contributed by atoms with Crippen LogP contribution in [0.25, 0.3) is 0 Å². The number of allylic oxidation sites excluding steroid dienone is 4. The Balaban J connectivity index is 0. The Hall–Kier alpha value is -0.892. The molecule has 0 aliphatic heterocycles. The molecule has 4 radical (unpaired) electrons. The fourth-order valence-electron chi connectivity index (χ4n) is 0.695. The molecule has 0 aromatic carbocycles. The van der Waals surface area contributed by atoms with Crippen LogP contribution in [0.2, 0.25) is 5.31 Å². The van der Waals surface area contributed by atoms with E-state index in [-0.39, 0.29) is 0 Å². The Morgan fingerprint density at radius 1 is 1.38 bits per heavy atom. The van der Waals surface area contributed by atoms with Crippen LogP contribution in [0.4, 0.5) is 0 Å². The van der Waals surface area contributed by atoms with E-state index in [0.29, 0.717) is 0 Å². The molecular weight excluding hydrogens is 342 g/mol. The number of hydrogen-bond acceptors (Lipinski definition) is 4. The van der Waals surface area contributed by atoms with E-state index < -0.39 is 17.6 Å². The molecule has 1 rings (SSSR count). The zero-order valence-electron chi connectivity index (χ0n) is 7.02. The number of nitrogens with zero attached hydrogens (tertiary/aromatic N) is 1. The Bertz CT molecular complexity index is 202. The minimum atomic E-state index is -1.86. The first-order valence-corrected chi connectivity index (χ1v) is 8.81. The molecule has 0 spiro atoms. The Morgan fingerprint density at radius 3 is 2.23 bits per heavy atom. The van der Waals surface area contributed by atoms with Crippen molar-refractivity contribution in [3.8, 4) is 0 Å². The van der Waals surface area contributed by atoms with Gasteiger partial charge in [-0.2, -0.15) is 0 Å². The minimum Gasteiger partial charge on any atom is -0.281 e. The molecule has 5 heteroatoms. The van der Waals surface area contributed by atoms with Crippen LogP contribution in [0.5, 0.6) is 0 Å². The first-order valence-electron chi connectivity index (χ1n) is 3.10.